The van der Waals surface area contributed by atoms with Crippen LogP contribution in [0.1, 0.15) is 12.8 Å². The maximum Gasteiger partial charge on any atom is 0.193 e. The highest BCUT2D eigenvalue weighted by atomic mass is 79.9. The van der Waals surface area contributed by atoms with E-state index in [1.165, 1.54) is 0 Å². The van der Waals surface area contributed by atoms with Crippen molar-refractivity contribution in [2.75, 3.05) is 5.32 Å². The van der Waals surface area contributed by atoms with Crippen molar-refractivity contribution in [3.05, 3.63) is 34.9 Å². The van der Waals surface area contributed by atoms with E-state index in [1.807, 2.05) is 24.3 Å². The number of fused-ring (bicyclic) bond motifs is 1. The molecule has 1 aliphatic rings. The summed E-state index contributed by atoms with van der Waals surface area (Å²) in [5, 5.41) is 4.19. The molecule has 1 saturated carbocycles. The van der Waals surface area contributed by atoms with Crippen molar-refractivity contribution < 1.29 is 0 Å². The maximum atomic E-state index is 5.87. The van der Waals surface area contributed by atoms with E-state index in [2.05, 4.69) is 31.2 Å². The summed E-state index contributed by atoms with van der Waals surface area (Å²) in [6, 6.07) is 8.39. The molecular formula is C13H13BrN4. The molecule has 5 heteroatoms. The van der Waals surface area contributed by atoms with Gasteiger partial charge in [0.2, 0.25) is 0 Å². The maximum absolute atomic E-state index is 5.87. The fourth-order valence-electron chi connectivity index (χ4n) is 1.81. The first kappa shape index (κ1) is 11.5. The molecule has 0 saturated heterocycles. The Bertz CT molecular complexity index is 619. The highest BCUT2D eigenvalue weighted by Crippen LogP contribution is 2.25. The second kappa shape index (κ2) is 4.57. The van der Waals surface area contributed by atoms with Crippen LogP contribution in [0.25, 0.3) is 10.9 Å². The molecule has 3 N–H and O–H groups in total. The van der Waals surface area contributed by atoms with Crippen LogP contribution in [0.5, 0.6) is 0 Å². The van der Waals surface area contributed by atoms with E-state index in [9.17, 15) is 0 Å². The number of aromatic nitrogens is 1. The lowest BCUT2D eigenvalue weighted by molar-refractivity contribution is 1.06. The number of nitrogens with one attached hydrogen (secondary N) is 1. The molecular weight excluding hydrogens is 292 g/mol. The van der Waals surface area contributed by atoms with Gasteiger partial charge < -0.3 is 11.1 Å². The van der Waals surface area contributed by atoms with Crippen LogP contribution in [0, 0.1) is 0 Å². The van der Waals surface area contributed by atoms with Crippen molar-refractivity contribution >= 4 is 38.5 Å². The molecule has 1 aromatic carbocycles. The Balaban J connectivity index is 1.95. The number of nitrogens with zero attached hydrogens (tertiary/aromatic N) is 2. The molecule has 1 aromatic heterocycles. The lowest BCUT2D eigenvalue weighted by Crippen LogP contribution is -2.23. The van der Waals surface area contributed by atoms with Crippen molar-refractivity contribution in [2.45, 2.75) is 18.9 Å². The molecule has 0 bridgehead atoms. The van der Waals surface area contributed by atoms with Crippen LogP contribution >= 0.6 is 15.9 Å². The van der Waals surface area contributed by atoms with Crippen LogP contribution in [0.3, 0.4) is 0 Å². The van der Waals surface area contributed by atoms with Gasteiger partial charge in [-0.2, -0.15) is 0 Å². The van der Waals surface area contributed by atoms with Crippen LogP contribution in [0.2, 0.25) is 0 Å². The van der Waals surface area contributed by atoms with Crippen LogP contribution in [-0.4, -0.2) is 17.0 Å². The van der Waals surface area contributed by atoms with Gasteiger partial charge in [0.1, 0.15) is 0 Å². The van der Waals surface area contributed by atoms with Gasteiger partial charge in [-0.3, -0.25) is 4.98 Å². The zero-order valence-corrected chi connectivity index (χ0v) is 11.3. The van der Waals surface area contributed by atoms with Crippen LogP contribution < -0.4 is 11.1 Å². The average molecular weight is 305 g/mol. The molecule has 0 unspecified atom stereocenters. The van der Waals surface area contributed by atoms with Gasteiger partial charge in [-0.25, -0.2) is 4.99 Å². The summed E-state index contributed by atoms with van der Waals surface area (Å²) < 4.78 is 0.965. The fraction of sp³-hybridized carbons (Fsp3) is 0.231. The Kier molecular flexibility index (Phi) is 2.91. The molecule has 3 rings (SSSR count). The Morgan fingerprint density at radius 1 is 1.44 bits per heavy atom. The number of anilines is 1. The minimum atomic E-state index is 0.412. The van der Waals surface area contributed by atoms with Gasteiger partial charge >= 0.3 is 0 Å². The van der Waals surface area contributed by atoms with E-state index in [0.29, 0.717) is 12.0 Å². The highest BCUT2D eigenvalue weighted by molar-refractivity contribution is 9.10. The summed E-state index contributed by atoms with van der Waals surface area (Å²) in [4.78, 5) is 8.76. The molecule has 1 fully saturated rings. The highest BCUT2D eigenvalue weighted by Gasteiger charge is 2.20. The summed E-state index contributed by atoms with van der Waals surface area (Å²) in [7, 11) is 0. The van der Waals surface area contributed by atoms with Crippen molar-refractivity contribution in [1.29, 1.82) is 0 Å². The van der Waals surface area contributed by atoms with Gasteiger partial charge in [0.25, 0.3) is 0 Å². The van der Waals surface area contributed by atoms with E-state index in [1.54, 1.807) is 6.20 Å². The summed E-state index contributed by atoms with van der Waals surface area (Å²) >= 11 is 3.42. The summed E-state index contributed by atoms with van der Waals surface area (Å²) in [6.07, 6.45) is 4.06. The lowest BCUT2D eigenvalue weighted by atomic mass is 10.2. The first-order valence-electron chi connectivity index (χ1n) is 5.87. The summed E-state index contributed by atoms with van der Waals surface area (Å²) in [5.74, 6) is 0.467. The van der Waals surface area contributed by atoms with E-state index >= 15 is 0 Å². The smallest absolute Gasteiger partial charge is 0.193 e. The molecule has 1 heterocycles. The second-order valence-electron chi connectivity index (χ2n) is 4.40. The van der Waals surface area contributed by atoms with Gasteiger partial charge in [-0.05, 0) is 40.9 Å². The molecule has 4 nitrogen and oxygen atoms in total. The first-order valence-corrected chi connectivity index (χ1v) is 6.66. The quantitative estimate of drug-likeness (QED) is 0.662. The second-order valence-corrected chi connectivity index (χ2v) is 5.32. The van der Waals surface area contributed by atoms with E-state index in [4.69, 9.17) is 5.73 Å². The fourth-order valence-corrected chi connectivity index (χ4v) is 2.15. The number of aliphatic imine (C=N–C) groups is 1. The van der Waals surface area contributed by atoms with Crippen molar-refractivity contribution in [2.24, 2.45) is 10.7 Å². The van der Waals surface area contributed by atoms with Crippen LogP contribution in [0.4, 0.5) is 5.69 Å². The van der Waals surface area contributed by atoms with Crippen LogP contribution in [0.15, 0.2) is 39.9 Å². The Hall–Kier alpha value is -1.62. The number of halogens is 1. The van der Waals surface area contributed by atoms with Crippen molar-refractivity contribution in [1.82, 2.24) is 4.98 Å². The Morgan fingerprint density at radius 3 is 3.06 bits per heavy atom. The lowest BCUT2D eigenvalue weighted by Gasteiger charge is -2.08. The number of nitrogens with two attached hydrogens (primary N) is 1. The van der Waals surface area contributed by atoms with Gasteiger partial charge in [0.15, 0.2) is 5.96 Å². The van der Waals surface area contributed by atoms with E-state index < -0.39 is 0 Å². The van der Waals surface area contributed by atoms with Crippen molar-refractivity contribution in [3.63, 3.8) is 0 Å². The standard InChI is InChI=1S/C13H13BrN4/c14-9-6-8-2-1-3-11(12(8)16-7-9)18-13(15)17-10-4-5-10/h1-3,6-7,10H,4-5H2,(H3,15,17,18). The number of hydrogen-bond acceptors (Lipinski definition) is 2. The SMILES string of the molecule is NC(=NC1CC1)Nc1cccc2cc(Br)cnc12. The minimum Gasteiger partial charge on any atom is -0.370 e. The number of guanidine groups is 1. The molecule has 0 radical (unpaired) electrons. The molecule has 92 valence electrons. The number of pyridine rings is 1. The Labute approximate surface area is 113 Å². The number of para-hydroxylation sites is 1. The van der Waals surface area contributed by atoms with Gasteiger partial charge in [0.05, 0.1) is 17.2 Å². The van der Waals surface area contributed by atoms with Gasteiger partial charge in [-0.15, -0.1) is 0 Å². The molecule has 0 spiro atoms. The molecule has 18 heavy (non-hydrogen) atoms. The molecule has 0 atom stereocenters. The van der Waals surface area contributed by atoms with E-state index in [-0.39, 0.29) is 0 Å². The van der Waals surface area contributed by atoms with Gasteiger partial charge in [0, 0.05) is 16.1 Å². The molecule has 1 aliphatic carbocycles. The number of benzene rings is 1. The summed E-state index contributed by atoms with van der Waals surface area (Å²) in [6.45, 7) is 0. The minimum absolute atomic E-state index is 0.412. The largest absolute Gasteiger partial charge is 0.370 e. The zero-order valence-electron chi connectivity index (χ0n) is 9.73. The molecule has 0 amide bonds. The third-order valence-electron chi connectivity index (χ3n) is 2.81. The number of rotatable bonds is 2. The van der Waals surface area contributed by atoms with E-state index in [0.717, 1.165) is 33.9 Å². The third-order valence-corrected chi connectivity index (χ3v) is 3.24. The predicted molar refractivity (Wildman–Crippen MR) is 77.7 cm³/mol. The van der Waals surface area contributed by atoms with Crippen LogP contribution in [-0.2, 0) is 0 Å². The zero-order chi connectivity index (χ0) is 12.5. The third kappa shape index (κ3) is 2.46. The predicted octanol–water partition coefficient (Wildman–Crippen LogP) is 2.89. The monoisotopic (exact) mass is 304 g/mol. The first-order chi connectivity index (χ1) is 8.72. The average Bonchev–Trinajstić information content (AvgIpc) is 3.12. The topological polar surface area (TPSA) is 63.3 Å². The Morgan fingerprint density at radius 2 is 2.28 bits per heavy atom. The van der Waals surface area contributed by atoms with Crippen molar-refractivity contribution in [3.8, 4) is 0 Å². The number of hydrogen-bond donors (Lipinski definition) is 2. The molecule has 0 aliphatic heterocycles. The molecule has 2 aromatic rings. The summed E-state index contributed by atoms with van der Waals surface area (Å²) in [5.41, 5.74) is 7.66. The normalized spacial score (nSPS) is 15.9. The van der Waals surface area contributed by atoms with Gasteiger partial charge in [-0.1, -0.05) is 12.1 Å².